The van der Waals surface area contributed by atoms with Crippen molar-refractivity contribution >= 4 is 5.91 Å². The zero-order valence-electron chi connectivity index (χ0n) is 40.4. The molecule has 0 aromatic heterocycles. The second-order valence-electron chi connectivity index (χ2n) is 18.2. The molecular formula is C55H103NO5. The van der Waals surface area contributed by atoms with Crippen molar-refractivity contribution < 1.29 is 25.2 Å². The number of nitrogens with one attached hydrogen (secondary N) is 1. The van der Waals surface area contributed by atoms with Crippen molar-refractivity contribution in [2.75, 3.05) is 6.61 Å². The topological polar surface area (TPSA) is 110 Å². The Hall–Kier alpha value is -1.73. The maximum absolute atomic E-state index is 12.6. The van der Waals surface area contributed by atoms with Gasteiger partial charge in [-0.25, -0.2) is 0 Å². The summed E-state index contributed by atoms with van der Waals surface area (Å²) in [4.78, 5) is 12.6. The van der Waals surface area contributed by atoms with Crippen LogP contribution in [0.5, 0.6) is 0 Å². The summed E-state index contributed by atoms with van der Waals surface area (Å²) < 4.78 is 0. The molecule has 0 radical (unpaired) electrons. The first-order chi connectivity index (χ1) is 30.0. The minimum atomic E-state index is -1.29. The quantitative estimate of drug-likeness (QED) is 0.0309. The van der Waals surface area contributed by atoms with Gasteiger partial charge in [0.25, 0.3) is 0 Å². The second-order valence-corrected chi connectivity index (χ2v) is 18.2. The summed E-state index contributed by atoms with van der Waals surface area (Å²) in [5, 5.41) is 43.9. The number of aliphatic hydroxyl groups excluding tert-OH is 4. The molecular weight excluding hydrogens is 755 g/mol. The predicted molar refractivity (Wildman–Crippen MR) is 265 cm³/mol. The Bertz CT molecular complexity index is 1010. The summed E-state index contributed by atoms with van der Waals surface area (Å²) in [6.45, 7) is 4.05. The van der Waals surface area contributed by atoms with Crippen molar-refractivity contribution in [3.63, 3.8) is 0 Å². The molecule has 6 nitrogen and oxygen atoms in total. The van der Waals surface area contributed by atoms with Crippen LogP contribution in [-0.2, 0) is 4.79 Å². The lowest BCUT2D eigenvalue weighted by atomic mass is 10.00. The molecule has 0 bridgehead atoms. The minimum Gasteiger partial charge on any atom is -0.394 e. The highest BCUT2D eigenvalue weighted by molar-refractivity contribution is 5.80. The molecule has 4 unspecified atom stereocenters. The van der Waals surface area contributed by atoms with Gasteiger partial charge in [0.05, 0.1) is 18.8 Å². The molecule has 4 atom stereocenters. The molecule has 61 heavy (non-hydrogen) atoms. The van der Waals surface area contributed by atoms with Gasteiger partial charge in [0.1, 0.15) is 12.2 Å². The van der Waals surface area contributed by atoms with Crippen LogP contribution in [0.15, 0.2) is 48.6 Å². The fourth-order valence-corrected chi connectivity index (χ4v) is 8.04. The Balaban J connectivity index is 3.72. The number of amides is 1. The Labute approximate surface area is 379 Å². The van der Waals surface area contributed by atoms with Crippen LogP contribution < -0.4 is 5.32 Å². The van der Waals surface area contributed by atoms with Gasteiger partial charge in [-0.1, -0.05) is 229 Å². The maximum Gasteiger partial charge on any atom is 0.249 e. The molecule has 0 aliphatic rings. The van der Waals surface area contributed by atoms with Gasteiger partial charge in [-0.2, -0.15) is 0 Å². The first-order valence-corrected chi connectivity index (χ1v) is 26.5. The number of unbranched alkanes of at least 4 members (excludes halogenated alkanes) is 31. The minimum absolute atomic E-state index is 0.355. The van der Waals surface area contributed by atoms with Crippen LogP contribution in [0, 0.1) is 0 Å². The van der Waals surface area contributed by atoms with Crippen molar-refractivity contribution in [3.05, 3.63) is 48.6 Å². The van der Waals surface area contributed by atoms with Gasteiger partial charge in [0.15, 0.2) is 0 Å². The molecule has 0 fully saturated rings. The largest absolute Gasteiger partial charge is 0.394 e. The van der Waals surface area contributed by atoms with Crippen molar-refractivity contribution in [2.24, 2.45) is 0 Å². The van der Waals surface area contributed by atoms with E-state index in [-0.39, 0.29) is 0 Å². The smallest absolute Gasteiger partial charge is 0.249 e. The third-order valence-corrected chi connectivity index (χ3v) is 12.2. The van der Waals surface area contributed by atoms with Crippen LogP contribution in [0.3, 0.4) is 0 Å². The van der Waals surface area contributed by atoms with E-state index in [2.05, 4.69) is 67.8 Å². The Morgan fingerprint density at radius 2 is 0.738 bits per heavy atom. The molecule has 0 aliphatic carbocycles. The van der Waals surface area contributed by atoms with Crippen LogP contribution in [0.1, 0.15) is 264 Å². The zero-order valence-corrected chi connectivity index (χ0v) is 40.4. The van der Waals surface area contributed by atoms with Gasteiger partial charge in [-0.3, -0.25) is 4.79 Å². The molecule has 0 spiro atoms. The first-order valence-electron chi connectivity index (χ1n) is 26.5. The molecule has 0 rings (SSSR count). The van der Waals surface area contributed by atoms with Gasteiger partial charge in [0.2, 0.25) is 5.91 Å². The Morgan fingerprint density at radius 3 is 1.13 bits per heavy atom. The Morgan fingerprint density at radius 1 is 0.410 bits per heavy atom. The maximum atomic E-state index is 12.6. The lowest BCUT2D eigenvalue weighted by molar-refractivity contribution is -0.132. The van der Waals surface area contributed by atoms with Crippen molar-refractivity contribution in [3.8, 4) is 0 Å². The fourth-order valence-electron chi connectivity index (χ4n) is 8.04. The van der Waals surface area contributed by atoms with E-state index >= 15 is 0 Å². The lowest BCUT2D eigenvalue weighted by Crippen LogP contribution is -2.53. The van der Waals surface area contributed by atoms with E-state index in [4.69, 9.17) is 0 Å². The lowest BCUT2D eigenvalue weighted by Gasteiger charge is -2.27. The van der Waals surface area contributed by atoms with Gasteiger partial charge in [0, 0.05) is 0 Å². The van der Waals surface area contributed by atoms with Crippen molar-refractivity contribution in [1.82, 2.24) is 5.32 Å². The zero-order chi connectivity index (χ0) is 44.5. The van der Waals surface area contributed by atoms with E-state index in [0.29, 0.717) is 19.3 Å². The van der Waals surface area contributed by atoms with Crippen LogP contribution in [-0.4, -0.2) is 57.3 Å². The van der Waals surface area contributed by atoms with Gasteiger partial charge < -0.3 is 25.7 Å². The highest BCUT2D eigenvalue weighted by Crippen LogP contribution is 2.16. The summed E-state index contributed by atoms with van der Waals surface area (Å²) in [6, 6.07) is -1.01. The molecule has 358 valence electrons. The van der Waals surface area contributed by atoms with Crippen molar-refractivity contribution in [1.29, 1.82) is 0 Å². The number of rotatable bonds is 48. The fraction of sp³-hybridized carbons (Fsp3) is 0.836. The third kappa shape index (κ3) is 43.3. The SMILES string of the molecule is CCCCCCCCCCC/C=C\C/C=C\CCCCCCCCCCCCC(O)C(=O)NC(CO)C(O)C(O)CCC/C=C/CC/C=C/CCCCCCCCCCCC. The standard InChI is InChI=1S/C55H103NO5/c1-3-5-7-9-11-13-15-17-19-21-23-24-25-26-27-28-29-31-33-35-37-39-41-43-45-47-49-53(59)55(61)56-51(50-57)54(60)52(58)48-46-44-42-40-38-36-34-32-30-22-20-18-16-14-12-10-8-6-4-2/h23-24,26-27,32,34,40,42,51-54,57-60H,3-22,25,28-31,33,35-39,41,43-50H2,1-2H3,(H,56,61)/b24-23-,27-26-,34-32+,42-40+. The van der Waals surface area contributed by atoms with E-state index in [1.165, 1.54) is 186 Å². The van der Waals surface area contributed by atoms with Crippen molar-refractivity contribution in [2.45, 2.75) is 289 Å². The van der Waals surface area contributed by atoms with E-state index in [9.17, 15) is 25.2 Å². The summed E-state index contributed by atoms with van der Waals surface area (Å²) in [7, 11) is 0. The highest BCUT2D eigenvalue weighted by Gasteiger charge is 2.28. The number of hydrogen-bond acceptors (Lipinski definition) is 5. The average Bonchev–Trinajstić information content (AvgIpc) is 3.26. The van der Waals surface area contributed by atoms with Crippen LogP contribution in [0.25, 0.3) is 0 Å². The molecule has 6 heteroatoms. The van der Waals surface area contributed by atoms with E-state index < -0.39 is 36.9 Å². The number of allylic oxidation sites excluding steroid dienone is 8. The van der Waals surface area contributed by atoms with E-state index in [1.54, 1.807) is 0 Å². The summed E-state index contributed by atoms with van der Waals surface area (Å²) in [6.07, 6.45) is 61.6. The van der Waals surface area contributed by atoms with Crippen LogP contribution in [0.4, 0.5) is 0 Å². The number of hydrogen-bond donors (Lipinski definition) is 5. The van der Waals surface area contributed by atoms with E-state index in [0.717, 1.165) is 44.9 Å². The molecule has 0 heterocycles. The predicted octanol–water partition coefficient (Wildman–Crippen LogP) is 15.0. The summed E-state index contributed by atoms with van der Waals surface area (Å²) in [5.74, 6) is -0.599. The second kappa shape index (κ2) is 49.3. The number of carbonyl (C=O) groups is 1. The average molecular weight is 858 g/mol. The van der Waals surface area contributed by atoms with Gasteiger partial charge >= 0.3 is 0 Å². The molecule has 5 N–H and O–H groups in total. The normalized spacial score (nSPS) is 14.3. The molecule has 0 saturated carbocycles. The summed E-state index contributed by atoms with van der Waals surface area (Å²) in [5.41, 5.74) is 0. The Kier molecular flexibility index (Phi) is 47.9. The number of carbonyl (C=O) groups excluding carboxylic acids is 1. The molecule has 0 saturated heterocycles. The van der Waals surface area contributed by atoms with Crippen LogP contribution >= 0.6 is 0 Å². The number of aliphatic hydroxyl groups is 4. The summed E-state index contributed by atoms with van der Waals surface area (Å²) >= 11 is 0. The van der Waals surface area contributed by atoms with Gasteiger partial charge in [-0.05, 0) is 83.5 Å². The molecule has 0 aliphatic heterocycles. The third-order valence-electron chi connectivity index (χ3n) is 12.2. The molecule has 0 aromatic rings. The first kappa shape index (κ1) is 59.3. The molecule has 0 aromatic carbocycles. The molecule has 1 amide bonds. The monoisotopic (exact) mass is 858 g/mol. The van der Waals surface area contributed by atoms with Crippen LogP contribution in [0.2, 0.25) is 0 Å². The van der Waals surface area contributed by atoms with Gasteiger partial charge in [-0.15, -0.1) is 0 Å². The highest BCUT2D eigenvalue weighted by atomic mass is 16.3. The van der Waals surface area contributed by atoms with E-state index in [1.807, 2.05) is 0 Å².